The lowest BCUT2D eigenvalue weighted by Crippen LogP contribution is -2.41. The molecule has 0 bridgehead atoms. The topological polar surface area (TPSA) is 64.3 Å². The number of benzene rings is 1. The van der Waals surface area contributed by atoms with Crippen molar-refractivity contribution in [2.75, 3.05) is 6.54 Å². The van der Waals surface area contributed by atoms with E-state index in [1.54, 1.807) is 45.9 Å². The molecule has 0 aromatic heterocycles. The lowest BCUT2D eigenvalue weighted by molar-refractivity contribution is 0.0524. The van der Waals surface area contributed by atoms with Crippen LogP contribution in [0.2, 0.25) is 0 Å². The van der Waals surface area contributed by atoms with Crippen LogP contribution >= 0.6 is 0 Å². The summed E-state index contributed by atoms with van der Waals surface area (Å²) in [6, 6.07) is 4.85. The van der Waals surface area contributed by atoms with Gasteiger partial charge in [0, 0.05) is 12.6 Å². The van der Waals surface area contributed by atoms with Gasteiger partial charge in [0.2, 0.25) is 0 Å². The number of carbonyl (C=O) groups is 1. The zero-order valence-electron chi connectivity index (χ0n) is 12.5. The van der Waals surface area contributed by atoms with E-state index >= 15 is 0 Å². The summed E-state index contributed by atoms with van der Waals surface area (Å²) in [6.45, 7) is 7.31. The SMILES string of the molecule is Cc1cccc(CC(N)CNC(=O)OC(C)(C)C)c1F. The van der Waals surface area contributed by atoms with Crippen LogP contribution in [0.25, 0.3) is 0 Å². The normalized spacial score (nSPS) is 12.9. The molecule has 0 radical (unpaired) electrons. The molecule has 0 fully saturated rings. The predicted octanol–water partition coefficient (Wildman–Crippen LogP) is 2.53. The molecule has 1 amide bonds. The average Bonchev–Trinajstić information content (AvgIpc) is 2.30. The van der Waals surface area contributed by atoms with Crippen molar-refractivity contribution in [3.63, 3.8) is 0 Å². The van der Waals surface area contributed by atoms with Crippen LogP contribution in [0, 0.1) is 12.7 Å². The van der Waals surface area contributed by atoms with E-state index in [1.165, 1.54) is 0 Å². The third-order valence-corrected chi connectivity index (χ3v) is 2.66. The van der Waals surface area contributed by atoms with Crippen LogP contribution in [0.3, 0.4) is 0 Å². The number of rotatable bonds is 4. The molecule has 0 heterocycles. The molecule has 4 nitrogen and oxygen atoms in total. The molecule has 1 aromatic carbocycles. The molecule has 3 N–H and O–H groups in total. The quantitative estimate of drug-likeness (QED) is 0.892. The van der Waals surface area contributed by atoms with Gasteiger partial charge in [0.25, 0.3) is 0 Å². The Morgan fingerprint density at radius 3 is 2.70 bits per heavy atom. The number of ether oxygens (including phenoxy) is 1. The van der Waals surface area contributed by atoms with Gasteiger partial charge in [-0.05, 0) is 45.2 Å². The number of alkyl carbamates (subject to hydrolysis) is 1. The van der Waals surface area contributed by atoms with Crippen LogP contribution in [0.5, 0.6) is 0 Å². The molecule has 5 heteroatoms. The minimum atomic E-state index is -0.545. The van der Waals surface area contributed by atoms with Gasteiger partial charge in [-0.25, -0.2) is 9.18 Å². The Balaban J connectivity index is 2.46. The van der Waals surface area contributed by atoms with Crippen LogP contribution in [0.15, 0.2) is 18.2 Å². The second-order valence-electron chi connectivity index (χ2n) is 5.90. The molecule has 0 saturated heterocycles. The molecule has 0 aliphatic carbocycles. The van der Waals surface area contributed by atoms with E-state index in [2.05, 4.69) is 5.32 Å². The molecule has 1 aromatic rings. The predicted molar refractivity (Wildman–Crippen MR) is 77.1 cm³/mol. The summed E-state index contributed by atoms with van der Waals surface area (Å²) in [5, 5.41) is 2.58. The smallest absolute Gasteiger partial charge is 0.407 e. The number of hydrogen-bond acceptors (Lipinski definition) is 3. The van der Waals surface area contributed by atoms with Gasteiger partial charge in [-0.15, -0.1) is 0 Å². The van der Waals surface area contributed by atoms with Gasteiger partial charge in [-0.2, -0.15) is 0 Å². The van der Waals surface area contributed by atoms with Gasteiger partial charge in [0.1, 0.15) is 11.4 Å². The average molecular weight is 282 g/mol. The molecule has 0 saturated carbocycles. The molecule has 112 valence electrons. The zero-order chi connectivity index (χ0) is 15.3. The molecule has 0 aliphatic rings. The van der Waals surface area contributed by atoms with Gasteiger partial charge >= 0.3 is 6.09 Å². The number of carbonyl (C=O) groups excluding carboxylic acids is 1. The lowest BCUT2D eigenvalue weighted by Gasteiger charge is -2.21. The van der Waals surface area contributed by atoms with E-state index < -0.39 is 11.7 Å². The second kappa shape index (κ2) is 6.70. The largest absolute Gasteiger partial charge is 0.444 e. The first kappa shape index (κ1) is 16.4. The Labute approximate surface area is 119 Å². The fraction of sp³-hybridized carbons (Fsp3) is 0.533. The minimum absolute atomic E-state index is 0.236. The van der Waals surface area contributed by atoms with Crippen molar-refractivity contribution in [3.05, 3.63) is 35.1 Å². The van der Waals surface area contributed by atoms with Gasteiger partial charge in [-0.3, -0.25) is 0 Å². The van der Waals surface area contributed by atoms with Crippen molar-refractivity contribution in [1.82, 2.24) is 5.32 Å². The Morgan fingerprint density at radius 1 is 1.45 bits per heavy atom. The monoisotopic (exact) mass is 282 g/mol. The van der Waals surface area contributed by atoms with Crippen molar-refractivity contribution >= 4 is 6.09 Å². The maximum absolute atomic E-state index is 13.8. The van der Waals surface area contributed by atoms with Gasteiger partial charge < -0.3 is 15.8 Å². The first-order chi connectivity index (χ1) is 9.19. The Bertz CT molecular complexity index is 469. The summed E-state index contributed by atoms with van der Waals surface area (Å²) in [7, 11) is 0. The lowest BCUT2D eigenvalue weighted by atomic mass is 10.0. The number of halogens is 1. The van der Waals surface area contributed by atoms with Crippen molar-refractivity contribution in [2.24, 2.45) is 5.73 Å². The first-order valence-corrected chi connectivity index (χ1v) is 6.65. The Kier molecular flexibility index (Phi) is 5.51. The van der Waals surface area contributed by atoms with E-state index in [9.17, 15) is 9.18 Å². The van der Waals surface area contributed by atoms with E-state index in [1.807, 2.05) is 0 Å². The van der Waals surface area contributed by atoms with Crippen LogP contribution in [-0.4, -0.2) is 24.3 Å². The number of nitrogens with one attached hydrogen (secondary N) is 1. The van der Waals surface area contributed by atoms with Crippen LogP contribution in [0.1, 0.15) is 31.9 Å². The molecule has 0 aliphatic heterocycles. The summed E-state index contributed by atoms with van der Waals surface area (Å²) < 4.78 is 18.9. The third-order valence-electron chi connectivity index (χ3n) is 2.66. The molecular formula is C15H23FN2O2. The second-order valence-corrected chi connectivity index (χ2v) is 5.90. The van der Waals surface area contributed by atoms with E-state index in [0.29, 0.717) is 17.5 Å². The fourth-order valence-corrected chi connectivity index (χ4v) is 1.75. The van der Waals surface area contributed by atoms with E-state index in [0.717, 1.165) is 0 Å². The van der Waals surface area contributed by atoms with Crippen LogP contribution in [0.4, 0.5) is 9.18 Å². The summed E-state index contributed by atoms with van der Waals surface area (Å²) in [5.41, 5.74) is 6.51. The van der Waals surface area contributed by atoms with E-state index in [-0.39, 0.29) is 18.4 Å². The highest BCUT2D eigenvalue weighted by Crippen LogP contribution is 2.13. The summed E-state index contributed by atoms with van der Waals surface area (Å²) in [4.78, 5) is 11.5. The van der Waals surface area contributed by atoms with Crippen molar-refractivity contribution < 1.29 is 13.9 Å². The Morgan fingerprint density at radius 2 is 2.10 bits per heavy atom. The van der Waals surface area contributed by atoms with Gasteiger partial charge in [0.15, 0.2) is 0 Å². The summed E-state index contributed by atoms with van der Waals surface area (Å²) >= 11 is 0. The molecule has 0 spiro atoms. The summed E-state index contributed by atoms with van der Waals surface area (Å²) in [5.74, 6) is -0.236. The highest BCUT2D eigenvalue weighted by molar-refractivity contribution is 5.67. The fourth-order valence-electron chi connectivity index (χ4n) is 1.75. The van der Waals surface area contributed by atoms with Crippen LogP contribution in [-0.2, 0) is 11.2 Å². The maximum Gasteiger partial charge on any atom is 0.407 e. The number of aryl methyl sites for hydroxylation is 1. The van der Waals surface area contributed by atoms with E-state index in [4.69, 9.17) is 10.5 Å². The standard InChI is InChI=1S/C15H23FN2O2/c1-10-6-5-7-11(13(10)16)8-12(17)9-18-14(19)20-15(2,3)4/h5-7,12H,8-9,17H2,1-4H3,(H,18,19). The highest BCUT2D eigenvalue weighted by Gasteiger charge is 2.17. The maximum atomic E-state index is 13.8. The molecular weight excluding hydrogens is 259 g/mol. The number of hydrogen-bond donors (Lipinski definition) is 2. The van der Waals surface area contributed by atoms with Gasteiger partial charge in [-0.1, -0.05) is 18.2 Å². The first-order valence-electron chi connectivity index (χ1n) is 6.65. The minimum Gasteiger partial charge on any atom is -0.444 e. The molecule has 1 rings (SSSR count). The molecule has 1 unspecified atom stereocenters. The third kappa shape index (κ3) is 5.57. The van der Waals surface area contributed by atoms with Crippen LogP contribution < -0.4 is 11.1 Å². The van der Waals surface area contributed by atoms with Gasteiger partial charge in [0.05, 0.1) is 0 Å². The molecule has 1 atom stereocenters. The summed E-state index contributed by atoms with van der Waals surface area (Å²) in [6.07, 6.45) is -0.152. The number of nitrogens with two attached hydrogens (primary N) is 1. The van der Waals surface area contributed by atoms with Crippen molar-refractivity contribution in [2.45, 2.75) is 45.8 Å². The van der Waals surface area contributed by atoms with Crippen molar-refractivity contribution in [3.8, 4) is 0 Å². The molecule has 20 heavy (non-hydrogen) atoms. The Hall–Kier alpha value is -1.62. The zero-order valence-corrected chi connectivity index (χ0v) is 12.5. The van der Waals surface area contributed by atoms with Crippen molar-refractivity contribution in [1.29, 1.82) is 0 Å². The highest BCUT2D eigenvalue weighted by atomic mass is 19.1. The number of amides is 1.